The Kier molecular flexibility index (Phi) is 7.25. The van der Waals surface area contributed by atoms with Gasteiger partial charge in [-0.25, -0.2) is 0 Å². The highest BCUT2D eigenvalue weighted by atomic mass is 15.2. The first-order chi connectivity index (χ1) is 7.37. The van der Waals surface area contributed by atoms with Crippen LogP contribution in [0.4, 0.5) is 0 Å². The van der Waals surface area contributed by atoms with Gasteiger partial charge in [-0.2, -0.15) is 0 Å². The molecule has 0 aromatic heterocycles. The summed E-state index contributed by atoms with van der Waals surface area (Å²) in [5.74, 6) is 0.727. The normalized spacial score (nSPS) is 14.8. The van der Waals surface area contributed by atoms with E-state index in [1.807, 2.05) is 0 Å². The molecule has 0 aliphatic heterocycles. The molecule has 2 heteroatoms. The van der Waals surface area contributed by atoms with Gasteiger partial charge >= 0.3 is 0 Å². The topological polar surface area (TPSA) is 29.3 Å². The second-order valence-corrected chi connectivity index (χ2v) is 6.06. The number of nitrogens with two attached hydrogens (primary N) is 1. The maximum absolute atomic E-state index is 5.84. The van der Waals surface area contributed by atoms with E-state index in [0.717, 1.165) is 19.0 Å². The monoisotopic (exact) mass is 228 g/mol. The van der Waals surface area contributed by atoms with E-state index in [-0.39, 0.29) is 5.41 Å². The Morgan fingerprint density at radius 1 is 1.19 bits per heavy atom. The summed E-state index contributed by atoms with van der Waals surface area (Å²) in [6.07, 6.45) is 2.46. The standard InChI is InChI=1S/C14H32N2/c1-7-9-16(11-14(5,6)10-15)13(8-2)12(3)4/h12-13H,7-11,15H2,1-6H3. The van der Waals surface area contributed by atoms with Gasteiger partial charge in [-0.3, -0.25) is 4.90 Å². The van der Waals surface area contributed by atoms with Crippen molar-refractivity contribution in [1.82, 2.24) is 4.90 Å². The number of nitrogens with zero attached hydrogens (tertiary/aromatic N) is 1. The molecule has 1 unspecified atom stereocenters. The van der Waals surface area contributed by atoms with Crippen molar-refractivity contribution in [2.45, 2.75) is 60.4 Å². The molecule has 0 bridgehead atoms. The van der Waals surface area contributed by atoms with Crippen molar-refractivity contribution in [3.63, 3.8) is 0 Å². The highest BCUT2D eigenvalue weighted by Crippen LogP contribution is 2.21. The van der Waals surface area contributed by atoms with E-state index in [2.05, 4.69) is 46.4 Å². The third kappa shape index (κ3) is 5.31. The minimum atomic E-state index is 0.234. The van der Waals surface area contributed by atoms with Gasteiger partial charge in [-0.15, -0.1) is 0 Å². The van der Waals surface area contributed by atoms with E-state index in [1.54, 1.807) is 0 Å². The number of hydrogen-bond donors (Lipinski definition) is 1. The minimum absolute atomic E-state index is 0.234. The molecule has 0 aromatic carbocycles. The average Bonchev–Trinajstić information content (AvgIpc) is 2.18. The van der Waals surface area contributed by atoms with Crippen LogP contribution in [0.3, 0.4) is 0 Å². The molecule has 16 heavy (non-hydrogen) atoms. The Labute approximate surface area is 103 Å². The molecule has 0 fully saturated rings. The SMILES string of the molecule is CCCN(CC(C)(C)CN)C(CC)C(C)C. The fourth-order valence-electron chi connectivity index (χ4n) is 2.41. The number of rotatable bonds is 8. The lowest BCUT2D eigenvalue weighted by Gasteiger charge is -2.39. The smallest absolute Gasteiger partial charge is 0.0116 e. The molecule has 2 nitrogen and oxygen atoms in total. The summed E-state index contributed by atoms with van der Waals surface area (Å²) >= 11 is 0. The molecule has 0 heterocycles. The summed E-state index contributed by atoms with van der Waals surface area (Å²) in [7, 11) is 0. The third-order valence-electron chi connectivity index (χ3n) is 3.35. The van der Waals surface area contributed by atoms with E-state index in [0.29, 0.717) is 6.04 Å². The average molecular weight is 228 g/mol. The Morgan fingerprint density at radius 3 is 2.06 bits per heavy atom. The van der Waals surface area contributed by atoms with Crippen LogP contribution in [0.15, 0.2) is 0 Å². The van der Waals surface area contributed by atoms with Crippen LogP contribution >= 0.6 is 0 Å². The van der Waals surface area contributed by atoms with Crippen LogP contribution < -0.4 is 5.73 Å². The molecule has 1 atom stereocenters. The summed E-state index contributed by atoms with van der Waals surface area (Å²) in [5, 5.41) is 0. The molecule has 0 rings (SSSR count). The number of hydrogen-bond acceptors (Lipinski definition) is 2. The quantitative estimate of drug-likeness (QED) is 0.691. The van der Waals surface area contributed by atoms with Gasteiger partial charge in [-0.1, -0.05) is 41.5 Å². The maximum atomic E-state index is 5.84. The summed E-state index contributed by atoms with van der Waals surface area (Å²) in [6.45, 7) is 16.8. The second-order valence-electron chi connectivity index (χ2n) is 6.06. The lowest BCUT2D eigenvalue weighted by molar-refractivity contribution is 0.101. The Balaban J connectivity index is 4.58. The third-order valence-corrected chi connectivity index (χ3v) is 3.35. The fourth-order valence-corrected chi connectivity index (χ4v) is 2.41. The van der Waals surface area contributed by atoms with Gasteiger partial charge in [0, 0.05) is 12.6 Å². The molecule has 0 aliphatic rings. The Bertz CT molecular complexity index is 176. The van der Waals surface area contributed by atoms with E-state index < -0.39 is 0 Å². The first-order valence-electron chi connectivity index (χ1n) is 6.82. The van der Waals surface area contributed by atoms with Gasteiger partial charge < -0.3 is 5.73 Å². The van der Waals surface area contributed by atoms with Gasteiger partial charge in [0.15, 0.2) is 0 Å². The molecular formula is C14H32N2. The van der Waals surface area contributed by atoms with E-state index in [1.165, 1.54) is 19.4 Å². The zero-order chi connectivity index (χ0) is 12.8. The molecule has 0 aliphatic carbocycles. The molecule has 0 spiro atoms. The van der Waals surface area contributed by atoms with Gasteiger partial charge in [0.25, 0.3) is 0 Å². The minimum Gasteiger partial charge on any atom is -0.330 e. The van der Waals surface area contributed by atoms with Crippen LogP contribution in [0.2, 0.25) is 0 Å². The van der Waals surface area contributed by atoms with Crippen molar-refractivity contribution >= 4 is 0 Å². The van der Waals surface area contributed by atoms with Gasteiger partial charge in [-0.05, 0) is 37.3 Å². The Hall–Kier alpha value is -0.0800. The lowest BCUT2D eigenvalue weighted by atomic mass is 9.90. The van der Waals surface area contributed by atoms with Crippen LogP contribution in [0.25, 0.3) is 0 Å². The van der Waals surface area contributed by atoms with Crippen molar-refractivity contribution in [1.29, 1.82) is 0 Å². The van der Waals surface area contributed by atoms with E-state index >= 15 is 0 Å². The zero-order valence-electron chi connectivity index (χ0n) is 12.2. The summed E-state index contributed by atoms with van der Waals surface area (Å²) in [5.41, 5.74) is 6.08. The van der Waals surface area contributed by atoms with Crippen LogP contribution in [0.5, 0.6) is 0 Å². The van der Waals surface area contributed by atoms with Crippen LogP contribution in [0.1, 0.15) is 54.4 Å². The van der Waals surface area contributed by atoms with Gasteiger partial charge in [0.05, 0.1) is 0 Å². The first-order valence-corrected chi connectivity index (χ1v) is 6.82. The van der Waals surface area contributed by atoms with Gasteiger partial charge in [0.1, 0.15) is 0 Å². The van der Waals surface area contributed by atoms with Crippen LogP contribution in [0, 0.1) is 11.3 Å². The zero-order valence-corrected chi connectivity index (χ0v) is 12.2. The Morgan fingerprint density at radius 2 is 1.75 bits per heavy atom. The molecule has 0 aromatic rings. The van der Waals surface area contributed by atoms with Gasteiger partial charge in [0.2, 0.25) is 0 Å². The summed E-state index contributed by atoms with van der Waals surface area (Å²) in [6, 6.07) is 0.700. The highest BCUT2D eigenvalue weighted by molar-refractivity contribution is 4.80. The van der Waals surface area contributed by atoms with Crippen molar-refractivity contribution in [3.05, 3.63) is 0 Å². The van der Waals surface area contributed by atoms with Crippen molar-refractivity contribution in [2.75, 3.05) is 19.6 Å². The molecule has 98 valence electrons. The van der Waals surface area contributed by atoms with Crippen LogP contribution in [-0.4, -0.2) is 30.6 Å². The molecule has 2 N–H and O–H groups in total. The molecule has 0 saturated carbocycles. The molecular weight excluding hydrogens is 196 g/mol. The van der Waals surface area contributed by atoms with E-state index in [9.17, 15) is 0 Å². The van der Waals surface area contributed by atoms with Crippen molar-refractivity contribution in [3.8, 4) is 0 Å². The molecule has 0 amide bonds. The van der Waals surface area contributed by atoms with Crippen molar-refractivity contribution in [2.24, 2.45) is 17.1 Å². The predicted molar refractivity (Wildman–Crippen MR) is 73.6 cm³/mol. The predicted octanol–water partition coefficient (Wildman–Crippen LogP) is 3.12. The summed E-state index contributed by atoms with van der Waals surface area (Å²) in [4.78, 5) is 2.64. The second kappa shape index (κ2) is 7.29. The van der Waals surface area contributed by atoms with E-state index in [4.69, 9.17) is 5.73 Å². The largest absolute Gasteiger partial charge is 0.330 e. The molecule has 0 saturated heterocycles. The molecule has 0 radical (unpaired) electrons. The lowest BCUT2D eigenvalue weighted by Crippen LogP contribution is -2.46. The first kappa shape index (κ1) is 15.9. The summed E-state index contributed by atoms with van der Waals surface area (Å²) < 4.78 is 0. The van der Waals surface area contributed by atoms with Crippen molar-refractivity contribution < 1.29 is 0 Å². The van der Waals surface area contributed by atoms with Crippen LogP contribution in [-0.2, 0) is 0 Å². The fraction of sp³-hybridized carbons (Fsp3) is 1.00. The highest BCUT2D eigenvalue weighted by Gasteiger charge is 2.25. The maximum Gasteiger partial charge on any atom is 0.0116 e.